The van der Waals surface area contributed by atoms with Gasteiger partial charge in [0.25, 0.3) is 5.91 Å². The van der Waals surface area contributed by atoms with Gasteiger partial charge in [0.15, 0.2) is 4.34 Å². The van der Waals surface area contributed by atoms with Gasteiger partial charge in [-0.3, -0.25) is 14.9 Å². The Balaban J connectivity index is 1.59. The Morgan fingerprint density at radius 3 is 2.96 bits per heavy atom. The molecule has 8 heteroatoms. The number of nitrogens with zero attached hydrogens (tertiary/aromatic N) is 2. The van der Waals surface area contributed by atoms with Gasteiger partial charge in [-0.15, -0.1) is 11.3 Å². The number of carbonyl (C=O) groups excluding carboxylic acids is 2. The highest BCUT2D eigenvalue weighted by molar-refractivity contribution is 8.01. The summed E-state index contributed by atoms with van der Waals surface area (Å²) in [5, 5.41) is 3.00. The molecule has 118 valence electrons. The molecule has 5 nitrogen and oxygen atoms in total. The van der Waals surface area contributed by atoms with Crippen molar-refractivity contribution >= 4 is 56.7 Å². The lowest BCUT2D eigenvalue weighted by Gasteiger charge is -2.04. The van der Waals surface area contributed by atoms with Crippen molar-refractivity contribution in [2.24, 2.45) is 7.05 Å². The molecule has 0 radical (unpaired) electrons. The number of aryl methyl sites for hydroxylation is 1. The standard InChI is InChI=1S/C15H12ClN3O2S2/c1-19-6-2-3-11(19)14(21)18-13(20)8-22-15-17-10-7-9(16)4-5-12(10)23-15/h2-7H,8H2,1H3,(H,18,20,21). The Morgan fingerprint density at radius 1 is 1.39 bits per heavy atom. The second-order valence-corrected chi connectivity index (χ2v) is 7.45. The van der Waals surface area contributed by atoms with Crippen molar-refractivity contribution in [2.75, 3.05) is 5.75 Å². The highest BCUT2D eigenvalue weighted by atomic mass is 35.5. The number of hydrogen-bond acceptors (Lipinski definition) is 5. The van der Waals surface area contributed by atoms with Crippen LogP contribution in [0.4, 0.5) is 0 Å². The fourth-order valence-electron chi connectivity index (χ4n) is 1.99. The van der Waals surface area contributed by atoms with Crippen LogP contribution in [0.3, 0.4) is 0 Å². The normalized spacial score (nSPS) is 10.9. The molecule has 2 amide bonds. The van der Waals surface area contributed by atoms with E-state index in [1.165, 1.54) is 23.1 Å². The molecule has 0 aliphatic rings. The number of amides is 2. The van der Waals surface area contributed by atoms with Crippen molar-refractivity contribution < 1.29 is 9.59 Å². The van der Waals surface area contributed by atoms with E-state index in [2.05, 4.69) is 10.3 Å². The van der Waals surface area contributed by atoms with Crippen molar-refractivity contribution in [1.29, 1.82) is 0 Å². The van der Waals surface area contributed by atoms with Crippen LogP contribution in [0.1, 0.15) is 10.5 Å². The van der Waals surface area contributed by atoms with E-state index >= 15 is 0 Å². The molecule has 0 aliphatic carbocycles. The maximum atomic E-state index is 11.9. The number of thiazole rings is 1. The van der Waals surface area contributed by atoms with Crippen molar-refractivity contribution in [3.63, 3.8) is 0 Å². The topological polar surface area (TPSA) is 64.0 Å². The van der Waals surface area contributed by atoms with Crippen LogP contribution in [0.5, 0.6) is 0 Å². The van der Waals surface area contributed by atoms with Crippen LogP contribution < -0.4 is 5.32 Å². The van der Waals surface area contributed by atoms with E-state index in [0.717, 1.165) is 14.6 Å². The van der Waals surface area contributed by atoms with Crippen LogP contribution in [0.15, 0.2) is 40.9 Å². The third-order valence-corrected chi connectivity index (χ3v) is 5.50. The quantitative estimate of drug-likeness (QED) is 0.720. The minimum absolute atomic E-state index is 0.129. The van der Waals surface area contributed by atoms with E-state index in [-0.39, 0.29) is 11.7 Å². The number of thioether (sulfide) groups is 1. The van der Waals surface area contributed by atoms with Crippen LogP contribution in [-0.2, 0) is 11.8 Å². The number of halogens is 1. The van der Waals surface area contributed by atoms with E-state index in [4.69, 9.17) is 11.6 Å². The van der Waals surface area contributed by atoms with Crippen molar-refractivity contribution in [3.05, 3.63) is 47.2 Å². The summed E-state index contributed by atoms with van der Waals surface area (Å²) in [6.07, 6.45) is 1.75. The molecule has 0 atom stereocenters. The minimum atomic E-state index is -0.404. The van der Waals surface area contributed by atoms with E-state index in [1.807, 2.05) is 12.1 Å². The predicted octanol–water partition coefficient (Wildman–Crippen LogP) is 3.34. The van der Waals surface area contributed by atoms with E-state index < -0.39 is 5.91 Å². The van der Waals surface area contributed by atoms with Gasteiger partial charge in [0.2, 0.25) is 5.91 Å². The Bertz CT molecular complexity index is 888. The van der Waals surface area contributed by atoms with Gasteiger partial charge in [0.05, 0.1) is 16.0 Å². The number of rotatable bonds is 4. The van der Waals surface area contributed by atoms with Gasteiger partial charge < -0.3 is 4.57 Å². The molecule has 3 rings (SSSR count). The number of imide groups is 1. The van der Waals surface area contributed by atoms with Gasteiger partial charge in [0, 0.05) is 18.3 Å². The molecule has 0 fully saturated rings. The first kappa shape index (κ1) is 16.0. The Hall–Kier alpha value is -1.83. The maximum absolute atomic E-state index is 11.9. The summed E-state index contributed by atoms with van der Waals surface area (Å²) in [7, 11) is 1.75. The Kier molecular flexibility index (Phi) is 4.70. The SMILES string of the molecule is Cn1cccc1C(=O)NC(=O)CSc1nc2cc(Cl)ccc2s1. The molecule has 0 bridgehead atoms. The number of nitrogens with one attached hydrogen (secondary N) is 1. The summed E-state index contributed by atoms with van der Waals surface area (Å²) in [5.74, 6) is -0.623. The summed E-state index contributed by atoms with van der Waals surface area (Å²) in [6.45, 7) is 0. The average molecular weight is 366 g/mol. The Morgan fingerprint density at radius 2 is 2.22 bits per heavy atom. The minimum Gasteiger partial charge on any atom is -0.347 e. The molecule has 0 spiro atoms. The molecule has 3 aromatic rings. The summed E-state index contributed by atoms with van der Waals surface area (Å²) in [4.78, 5) is 28.2. The summed E-state index contributed by atoms with van der Waals surface area (Å²) in [6, 6.07) is 8.91. The van der Waals surface area contributed by atoms with Gasteiger partial charge in [-0.1, -0.05) is 23.4 Å². The first-order valence-electron chi connectivity index (χ1n) is 6.67. The summed E-state index contributed by atoms with van der Waals surface area (Å²) in [5.41, 5.74) is 1.25. The van der Waals surface area contributed by atoms with Gasteiger partial charge in [-0.2, -0.15) is 0 Å². The molecule has 23 heavy (non-hydrogen) atoms. The lowest BCUT2D eigenvalue weighted by molar-refractivity contribution is -0.117. The second kappa shape index (κ2) is 6.74. The molecular formula is C15H12ClN3O2S2. The lowest BCUT2D eigenvalue weighted by Crippen LogP contribution is -2.32. The molecule has 0 saturated carbocycles. The maximum Gasteiger partial charge on any atom is 0.274 e. The first-order valence-corrected chi connectivity index (χ1v) is 8.85. The average Bonchev–Trinajstić information content (AvgIpc) is 3.10. The monoisotopic (exact) mass is 365 g/mol. The molecule has 2 aromatic heterocycles. The fraction of sp³-hybridized carbons (Fsp3) is 0.133. The van der Waals surface area contributed by atoms with Crippen LogP contribution in [0.25, 0.3) is 10.2 Å². The van der Waals surface area contributed by atoms with Crippen LogP contribution in [0.2, 0.25) is 5.02 Å². The predicted molar refractivity (Wildman–Crippen MR) is 93.2 cm³/mol. The zero-order valence-electron chi connectivity index (χ0n) is 12.1. The van der Waals surface area contributed by atoms with Crippen LogP contribution in [-0.4, -0.2) is 27.1 Å². The number of carbonyl (C=O) groups is 2. The zero-order valence-corrected chi connectivity index (χ0v) is 14.5. The molecule has 1 aromatic carbocycles. The van der Waals surface area contributed by atoms with Crippen molar-refractivity contribution in [3.8, 4) is 0 Å². The summed E-state index contributed by atoms with van der Waals surface area (Å²) >= 11 is 8.72. The number of benzene rings is 1. The number of aromatic nitrogens is 2. The smallest absolute Gasteiger partial charge is 0.274 e. The molecule has 0 unspecified atom stereocenters. The van der Waals surface area contributed by atoms with Crippen LogP contribution in [0, 0.1) is 0 Å². The first-order chi connectivity index (χ1) is 11.0. The highest BCUT2D eigenvalue weighted by Gasteiger charge is 2.14. The number of hydrogen-bond donors (Lipinski definition) is 1. The summed E-state index contributed by atoms with van der Waals surface area (Å²) < 4.78 is 3.44. The van der Waals surface area contributed by atoms with Crippen molar-refractivity contribution in [2.45, 2.75) is 4.34 Å². The van der Waals surface area contributed by atoms with Crippen molar-refractivity contribution in [1.82, 2.24) is 14.9 Å². The molecule has 0 aliphatic heterocycles. The lowest BCUT2D eigenvalue weighted by atomic mass is 10.3. The molecule has 2 heterocycles. The van der Waals surface area contributed by atoms with Crippen LogP contribution >= 0.6 is 34.7 Å². The second-order valence-electron chi connectivity index (χ2n) is 4.76. The van der Waals surface area contributed by atoms with E-state index in [1.54, 1.807) is 36.0 Å². The fourth-order valence-corrected chi connectivity index (χ4v) is 4.01. The largest absolute Gasteiger partial charge is 0.347 e. The van der Waals surface area contributed by atoms with Gasteiger partial charge in [-0.05, 0) is 30.3 Å². The highest BCUT2D eigenvalue weighted by Crippen LogP contribution is 2.30. The molecule has 0 saturated heterocycles. The Labute approximate surface area is 145 Å². The third-order valence-electron chi connectivity index (χ3n) is 3.09. The zero-order chi connectivity index (χ0) is 16.4. The van der Waals surface area contributed by atoms with E-state index in [0.29, 0.717) is 10.7 Å². The molecule has 1 N–H and O–H groups in total. The van der Waals surface area contributed by atoms with Gasteiger partial charge in [0.1, 0.15) is 5.69 Å². The van der Waals surface area contributed by atoms with Gasteiger partial charge >= 0.3 is 0 Å². The van der Waals surface area contributed by atoms with E-state index in [9.17, 15) is 9.59 Å². The molecular weight excluding hydrogens is 354 g/mol. The van der Waals surface area contributed by atoms with Gasteiger partial charge in [-0.25, -0.2) is 4.98 Å². The third kappa shape index (κ3) is 3.74. The number of fused-ring (bicyclic) bond motifs is 1.